The molecule has 2 aliphatic rings. The lowest BCUT2D eigenvalue weighted by Crippen LogP contribution is -2.62. The Bertz CT molecular complexity index is 1800. The zero-order valence-electron chi connectivity index (χ0n) is 36.4. The Kier molecular flexibility index (Phi) is 18.1. The highest BCUT2D eigenvalue weighted by Gasteiger charge is 2.41. The lowest BCUT2D eigenvalue weighted by Gasteiger charge is -2.37. The summed E-state index contributed by atoms with van der Waals surface area (Å²) in [5.41, 5.74) is -0.124. The second-order valence-corrected chi connectivity index (χ2v) is 17.5. The standard InChI is InChI=1S/C44H65N9O8/c1-7-16-31(36(55)41(59)47-26-33(54)50-35(43(61)53(5)6)28-19-12-9-13-20-28)49-38(56)29-21-14-15-22-30(29)48-42(60)37(44(2,3)4)52-40(58)34(27-17-10-8-11-18-27)51-39(57)32-25-45-23-24-46-32/h9,12-13,19-20,23-25,27,29-31,34-37,55H,7-8,10-11,14-18,21-22,26H2,1-6H3,(H,47,59)(H,48,60)(H,49,56)(H,50,54)(H,51,57)(H,52,58)/t29-,30+,31+,34+,35+,36?,37-/m1/s1. The number of carbonyl (C=O) groups is 7. The number of likely N-dealkylation sites (N-methyl/N-ethyl adjacent to an activating group) is 1. The molecule has 2 aliphatic carbocycles. The monoisotopic (exact) mass is 847 g/mol. The Morgan fingerprint density at radius 1 is 0.820 bits per heavy atom. The first-order chi connectivity index (χ1) is 29.0. The van der Waals surface area contributed by atoms with Crippen molar-refractivity contribution >= 4 is 41.4 Å². The van der Waals surface area contributed by atoms with E-state index in [9.17, 15) is 38.7 Å². The average molecular weight is 848 g/mol. The molecular weight excluding hydrogens is 783 g/mol. The SMILES string of the molecule is CCC[C@H](NC(=O)[C@@H]1CCCC[C@@H]1NC(=O)[C@@H](NC(=O)[C@@H](NC(=O)c1cnccn1)C1CCCCC1)C(C)(C)C)C(O)C(=O)NCC(=O)N[C@H](C(=O)N(C)C)c1ccccc1. The summed E-state index contributed by atoms with van der Waals surface area (Å²) in [6, 6.07) is 4.15. The van der Waals surface area contributed by atoms with E-state index in [1.807, 2.05) is 27.7 Å². The highest BCUT2D eigenvalue weighted by molar-refractivity contribution is 5.97. The molecule has 2 fully saturated rings. The summed E-state index contributed by atoms with van der Waals surface area (Å²) >= 11 is 0. The van der Waals surface area contributed by atoms with E-state index in [1.54, 1.807) is 44.4 Å². The van der Waals surface area contributed by atoms with Crippen molar-refractivity contribution in [3.63, 3.8) is 0 Å². The van der Waals surface area contributed by atoms with Crippen LogP contribution in [-0.4, -0.2) is 112 Å². The van der Waals surface area contributed by atoms with Crippen molar-refractivity contribution in [3.05, 3.63) is 60.2 Å². The second-order valence-electron chi connectivity index (χ2n) is 17.5. The van der Waals surface area contributed by atoms with Gasteiger partial charge in [-0.2, -0.15) is 0 Å². The minimum absolute atomic E-state index is 0.0756. The lowest BCUT2D eigenvalue weighted by molar-refractivity contribution is -0.137. The quantitative estimate of drug-likeness (QED) is 0.115. The van der Waals surface area contributed by atoms with Gasteiger partial charge in [0.25, 0.3) is 11.8 Å². The fourth-order valence-corrected chi connectivity index (χ4v) is 8.06. The van der Waals surface area contributed by atoms with Crippen molar-refractivity contribution < 1.29 is 38.7 Å². The first-order valence-electron chi connectivity index (χ1n) is 21.5. The van der Waals surface area contributed by atoms with Gasteiger partial charge in [0.15, 0.2) is 6.10 Å². The average Bonchev–Trinajstić information content (AvgIpc) is 3.25. The van der Waals surface area contributed by atoms with E-state index < -0.39 is 89.6 Å². The molecule has 0 saturated heterocycles. The van der Waals surface area contributed by atoms with E-state index in [4.69, 9.17) is 0 Å². The summed E-state index contributed by atoms with van der Waals surface area (Å²) in [5.74, 6) is -4.66. The van der Waals surface area contributed by atoms with Crippen LogP contribution in [0.25, 0.3) is 0 Å². The number of hydrogen-bond acceptors (Lipinski definition) is 10. The highest BCUT2D eigenvalue weighted by atomic mass is 16.3. The third-order valence-electron chi connectivity index (χ3n) is 11.5. The van der Waals surface area contributed by atoms with Crippen molar-refractivity contribution in [1.82, 2.24) is 46.8 Å². The molecule has 4 rings (SSSR count). The van der Waals surface area contributed by atoms with Crippen LogP contribution in [0.3, 0.4) is 0 Å². The molecule has 2 aromatic rings. The van der Waals surface area contributed by atoms with Gasteiger partial charge in [0.2, 0.25) is 29.5 Å². The molecule has 1 aromatic carbocycles. The van der Waals surface area contributed by atoms with Gasteiger partial charge < -0.3 is 41.9 Å². The Balaban J connectivity index is 1.40. The molecule has 334 valence electrons. The minimum atomic E-state index is -1.70. The number of nitrogens with one attached hydrogen (secondary N) is 6. The third-order valence-corrected chi connectivity index (χ3v) is 11.5. The molecule has 2 saturated carbocycles. The molecule has 0 bridgehead atoms. The summed E-state index contributed by atoms with van der Waals surface area (Å²) in [4.78, 5) is 104. The van der Waals surface area contributed by atoms with Crippen LogP contribution in [-0.2, 0) is 28.8 Å². The van der Waals surface area contributed by atoms with E-state index in [0.29, 0.717) is 24.8 Å². The number of aromatic nitrogens is 2. The Morgan fingerprint density at radius 3 is 2.11 bits per heavy atom. The van der Waals surface area contributed by atoms with Gasteiger partial charge in [-0.15, -0.1) is 0 Å². The summed E-state index contributed by atoms with van der Waals surface area (Å²) in [6.07, 6.45) is 9.98. The predicted molar refractivity (Wildman–Crippen MR) is 227 cm³/mol. The van der Waals surface area contributed by atoms with Gasteiger partial charge in [0.1, 0.15) is 23.8 Å². The predicted octanol–water partition coefficient (Wildman–Crippen LogP) is 2.07. The summed E-state index contributed by atoms with van der Waals surface area (Å²) in [7, 11) is 3.14. The van der Waals surface area contributed by atoms with Crippen LogP contribution in [0.1, 0.15) is 120 Å². The molecule has 0 aliphatic heterocycles. The molecule has 1 aromatic heterocycles. The molecule has 1 unspecified atom stereocenters. The van der Waals surface area contributed by atoms with Crippen molar-refractivity contribution in [2.24, 2.45) is 17.3 Å². The molecular formula is C44H65N9O8. The van der Waals surface area contributed by atoms with Crippen LogP contribution in [0.4, 0.5) is 0 Å². The first-order valence-corrected chi connectivity index (χ1v) is 21.5. The lowest BCUT2D eigenvalue weighted by atomic mass is 9.81. The minimum Gasteiger partial charge on any atom is -0.381 e. The molecule has 7 amide bonds. The van der Waals surface area contributed by atoms with Crippen molar-refractivity contribution in [3.8, 4) is 0 Å². The molecule has 0 radical (unpaired) electrons. The topological polar surface area (TPSA) is 241 Å². The van der Waals surface area contributed by atoms with Crippen LogP contribution < -0.4 is 31.9 Å². The fraction of sp³-hybridized carbons (Fsp3) is 0.614. The largest absolute Gasteiger partial charge is 0.381 e. The normalized spacial score (nSPS) is 19.4. The van der Waals surface area contributed by atoms with Crippen molar-refractivity contribution in [2.75, 3.05) is 20.6 Å². The number of benzene rings is 1. The van der Waals surface area contributed by atoms with E-state index in [0.717, 1.165) is 44.9 Å². The molecule has 7 N–H and O–H groups in total. The van der Waals surface area contributed by atoms with E-state index in [-0.39, 0.29) is 23.9 Å². The third kappa shape index (κ3) is 14.0. The zero-order valence-corrected chi connectivity index (χ0v) is 36.4. The Morgan fingerprint density at radius 2 is 1.49 bits per heavy atom. The van der Waals surface area contributed by atoms with Crippen LogP contribution >= 0.6 is 0 Å². The number of aliphatic hydroxyl groups is 1. The fourth-order valence-electron chi connectivity index (χ4n) is 8.06. The number of rotatable bonds is 18. The summed E-state index contributed by atoms with van der Waals surface area (Å²) in [6.45, 7) is 6.80. The maximum absolute atomic E-state index is 14.2. The van der Waals surface area contributed by atoms with Gasteiger partial charge in [0, 0.05) is 32.5 Å². The van der Waals surface area contributed by atoms with Crippen molar-refractivity contribution in [2.45, 2.75) is 135 Å². The van der Waals surface area contributed by atoms with E-state index in [1.165, 1.54) is 23.5 Å². The van der Waals surface area contributed by atoms with Crippen LogP contribution in [0.15, 0.2) is 48.9 Å². The molecule has 17 nitrogen and oxygen atoms in total. The Hall–Kier alpha value is -5.45. The number of hydrogen-bond donors (Lipinski definition) is 7. The zero-order chi connectivity index (χ0) is 44.7. The molecule has 7 atom stereocenters. The van der Waals surface area contributed by atoms with Gasteiger partial charge in [0.05, 0.1) is 24.7 Å². The van der Waals surface area contributed by atoms with Crippen LogP contribution in [0.2, 0.25) is 0 Å². The molecule has 0 spiro atoms. The molecule has 17 heteroatoms. The smallest absolute Gasteiger partial charge is 0.272 e. The number of carbonyl (C=O) groups excluding carboxylic acids is 7. The van der Waals surface area contributed by atoms with Gasteiger partial charge in [-0.25, -0.2) is 4.98 Å². The van der Waals surface area contributed by atoms with Gasteiger partial charge in [-0.1, -0.05) is 96.6 Å². The van der Waals surface area contributed by atoms with Crippen LogP contribution in [0, 0.1) is 17.3 Å². The number of amides is 7. The van der Waals surface area contributed by atoms with Gasteiger partial charge in [-0.05, 0) is 49.0 Å². The maximum atomic E-state index is 14.2. The maximum Gasteiger partial charge on any atom is 0.272 e. The van der Waals surface area contributed by atoms with Gasteiger partial charge >= 0.3 is 0 Å². The second kappa shape index (κ2) is 23.0. The van der Waals surface area contributed by atoms with Crippen LogP contribution in [0.5, 0.6) is 0 Å². The van der Waals surface area contributed by atoms with Gasteiger partial charge in [-0.3, -0.25) is 38.5 Å². The Labute approximate surface area is 358 Å². The highest BCUT2D eigenvalue weighted by Crippen LogP contribution is 2.29. The first kappa shape index (κ1) is 48.2. The number of aliphatic hydroxyl groups excluding tert-OH is 1. The number of nitrogens with zero attached hydrogens (tertiary/aromatic N) is 3. The molecule has 1 heterocycles. The molecule has 61 heavy (non-hydrogen) atoms. The van der Waals surface area contributed by atoms with E-state index >= 15 is 0 Å². The van der Waals surface area contributed by atoms with Crippen molar-refractivity contribution in [1.29, 1.82) is 0 Å². The summed E-state index contributed by atoms with van der Waals surface area (Å²) in [5, 5.41) is 27.9. The van der Waals surface area contributed by atoms with E-state index in [2.05, 4.69) is 41.9 Å². The summed E-state index contributed by atoms with van der Waals surface area (Å²) < 4.78 is 0.